The van der Waals surface area contributed by atoms with Crippen LogP contribution in [0.25, 0.3) is 0 Å². The molecule has 0 saturated heterocycles. The summed E-state index contributed by atoms with van der Waals surface area (Å²) in [7, 11) is 1.82. The topological polar surface area (TPSA) is 32.3 Å². The molecule has 3 nitrogen and oxygen atoms in total. The molecule has 23 heavy (non-hydrogen) atoms. The van der Waals surface area contributed by atoms with E-state index in [2.05, 4.69) is 5.32 Å². The van der Waals surface area contributed by atoms with Gasteiger partial charge in [0, 0.05) is 18.7 Å². The Morgan fingerprint density at radius 2 is 1.83 bits per heavy atom. The third kappa shape index (κ3) is 4.89. The van der Waals surface area contributed by atoms with Crippen molar-refractivity contribution in [1.82, 2.24) is 10.2 Å². The van der Waals surface area contributed by atoms with E-state index in [0.717, 1.165) is 5.56 Å². The highest BCUT2D eigenvalue weighted by atomic mass is 19.1. The zero-order chi connectivity index (χ0) is 16.8. The lowest BCUT2D eigenvalue weighted by molar-refractivity contribution is -0.125. The third-order valence-corrected chi connectivity index (χ3v) is 4.01. The molecular weight excluding hydrogens is 291 g/mol. The molecule has 0 aliphatic carbocycles. The average Bonchev–Trinajstić information content (AvgIpc) is 2.55. The van der Waals surface area contributed by atoms with Gasteiger partial charge in [0.25, 0.3) is 0 Å². The van der Waals surface area contributed by atoms with Gasteiger partial charge in [0.15, 0.2) is 0 Å². The first-order valence-corrected chi connectivity index (χ1v) is 7.74. The number of rotatable bonds is 6. The number of benzene rings is 2. The number of halogens is 1. The minimum atomic E-state index is -0.333. The second kappa shape index (κ2) is 7.88. The van der Waals surface area contributed by atoms with Crippen molar-refractivity contribution < 1.29 is 9.18 Å². The number of nitrogens with one attached hydrogen (secondary N) is 1. The second-order valence-electron chi connectivity index (χ2n) is 5.89. The lowest BCUT2D eigenvalue weighted by atomic mass is 10.1. The Balaban J connectivity index is 1.88. The summed E-state index contributed by atoms with van der Waals surface area (Å²) in [6.45, 7) is 4.75. The van der Waals surface area contributed by atoms with Crippen LogP contribution in [0.5, 0.6) is 0 Å². The highest BCUT2D eigenvalue weighted by Crippen LogP contribution is 2.11. The Labute approximate surface area is 137 Å². The first-order chi connectivity index (χ1) is 11.0. The Morgan fingerprint density at radius 1 is 1.17 bits per heavy atom. The van der Waals surface area contributed by atoms with Crippen molar-refractivity contribution in [3.05, 3.63) is 71.0 Å². The minimum Gasteiger partial charge on any atom is -0.351 e. The summed E-state index contributed by atoms with van der Waals surface area (Å²) in [5.74, 6) is -0.309. The standard InChI is InChI=1S/C19H23FN2O/c1-14-8-10-16(11-9-14)12-21-19(23)15(2)22(3)13-17-6-4-5-7-18(17)20/h4-11,15H,12-13H2,1-3H3,(H,21,23). The predicted octanol–water partition coefficient (Wildman–Crippen LogP) is 3.27. The molecule has 0 fully saturated rings. The molecule has 2 rings (SSSR count). The van der Waals surface area contributed by atoms with Gasteiger partial charge in [-0.1, -0.05) is 48.0 Å². The van der Waals surface area contributed by atoms with Gasteiger partial charge in [0.05, 0.1) is 6.04 Å². The molecule has 2 aromatic rings. The van der Waals surface area contributed by atoms with E-state index in [1.54, 1.807) is 18.2 Å². The summed E-state index contributed by atoms with van der Waals surface area (Å²) in [6.07, 6.45) is 0. The summed E-state index contributed by atoms with van der Waals surface area (Å²) in [6, 6.07) is 14.4. The Morgan fingerprint density at radius 3 is 2.48 bits per heavy atom. The van der Waals surface area contributed by atoms with Crippen LogP contribution in [0.1, 0.15) is 23.6 Å². The number of hydrogen-bond donors (Lipinski definition) is 1. The van der Waals surface area contributed by atoms with Crippen LogP contribution in [-0.4, -0.2) is 23.9 Å². The van der Waals surface area contributed by atoms with Crippen LogP contribution >= 0.6 is 0 Å². The van der Waals surface area contributed by atoms with Crippen molar-refractivity contribution in [3.8, 4) is 0 Å². The third-order valence-electron chi connectivity index (χ3n) is 4.01. The molecule has 1 atom stereocenters. The van der Waals surface area contributed by atoms with Crippen molar-refractivity contribution in [2.75, 3.05) is 7.05 Å². The fourth-order valence-corrected chi connectivity index (χ4v) is 2.28. The summed E-state index contributed by atoms with van der Waals surface area (Å²) in [5, 5.41) is 2.93. The molecule has 0 radical (unpaired) electrons. The first kappa shape index (κ1) is 17.2. The molecule has 122 valence electrons. The van der Waals surface area contributed by atoms with E-state index in [9.17, 15) is 9.18 Å². The maximum absolute atomic E-state index is 13.7. The van der Waals surface area contributed by atoms with Crippen LogP contribution in [-0.2, 0) is 17.9 Å². The van der Waals surface area contributed by atoms with E-state index in [1.807, 2.05) is 50.1 Å². The molecule has 1 N–H and O–H groups in total. The SMILES string of the molecule is Cc1ccc(CNC(=O)C(C)N(C)Cc2ccccc2F)cc1. The Hall–Kier alpha value is -2.20. The van der Waals surface area contributed by atoms with Crippen LogP contribution in [0.15, 0.2) is 48.5 Å². The number of amides is 1. The lowest BCUT2D eigenvalue weighted by Gasteiger charge is -2.24. The van der Waals surface area contributed by atoms with Gasteiger partial charge in [-0.2, -0.15) is 0 Å². The van der Waals surface area contributed by atoms with Gasteiger partial charge in [0.2, 0.25) is 5.91 Å². The van der Waals surface area contributed by atoms with E-state index in [-0.39, 0.29) is 17.8 Å². The molecular formula is C19H23FN2O. The van der Waals surface area contributed by atoms with Crippen molar-refractivity contribution in [1.29, 1.82) is 0 Å². The number of likely N-dealkylation sites (N-methyl/N-ethyl adjacent to an activating group) is 1. The average molecular weight is 314 g/mol. The molecule has 0 aliphatic rings. The highest BCUT2D eigenvalue weighted by molar-refractivity contribution is 5.81. The molecule has 0 saturated carbocycles. The van der Waals surface area contributed by atoms with Gasteiger partial charge < -0.3 is 5.32 Å². The molecule has 0 aliphatic heterocycles. The summed E-state index contributed by atoms with van der Waals surface area (Å²) in [4.78, 5) is 14.1. The van der Waals surface area contributed by atoms with Gasteiger partial charge in [-0.3, -0.25) is 9.69 Å². The zero-order valence-corrected chi connectivity index (χ0v) is 13.8. The lowest BCUT2D eigenvalue weighted by Crippen LogP contribution is -2.42. The summed E-state index contributed by atoms with van der Waals surface area (Å²) >= 11 is 0. The fraction of sp³-hybridized carbons (Fsp3) is 0.316. The molecule has 0 bridgehead atoms. The molecule has 1 amide bonds. The fourth-order valence-electron chi connectivity index (χ4n) is 2.28. The van der Waals surface area contributed by atoms with E-state index >= 15 is 0 Å². The molecule has 4 heteroatoms. The van der Waals surface area contributed by atoms with Crippen LogP contribution < -0.4 is 5.32 Å². The van der Waals surface area contributed by atoms with Crippen molar-refractivity contribution >= 4 is 5.91 Å². The van der Waals surface area contributed by atoms with Gasteiger partial charge >= 0.3 is 0 Å². The van der Waals surface area contributed by atoms with E-state index < -0.39 is 0 Å². The molecule has 0 spiro atoms. The van der Waals surface area contributed by atoms with Gasteiger partial charge in [-0.05, 0) is 32.5 Å². The highest BCUT2D eigenvalue weighted by Gasteiger charge is 2.18. The maximum Gasteiger partial charge on any atom is 0.237 e. The summed E-state index contributed by atoms with van der Waals surface area (Å²) in [5.41, 5.74) is 2.85. The normalized spacial score (nSPS) is 12.2. The predicted molar refractivity (Wildman–Crippen MR) is 90.4 cm³/mol. The van der Waals surface area contributed by atoms with Gasteiger partial charge in [0.1, 0.15) is 5.82 Å². The second-order valence-corrected chi connectivity index (χ2v) is 5.89. The number of hydrogen-bond acceptors (Lipinski definition) is 2. The van der Waals surface area contributed by atoms with Crippen LogP contribution in [0.2, 0.25) is 0 Å². The zero-order valence-electron chi connectivity index (χ0n) is 13.8. The van der Waals surface area contributed by atoms with E-state index in [1.165, 1.54) is 11.6 Å². The van der Waals surface area contributed by atoms with Crippen LogP contribution in [0, 0.1) is 12.7 Å². The van der Waals surface area contributed by atoms with Crippen molar-refractivity contribution in [3.63, 3.8) is 0 Å². The quantitative estimate of drug-likeness (QED) is 0.887. The van der Waals surface area contributed by atoms with Crippen molar-refractivity contribution in [2.45, 2.75) is 33.0 Å². The van der Waals surface area contributed by atoms with Crippen LogP contribution in [0.4, 0.5) is 4.39 Å². The van der Waals surface area contributed by atoms with E-state index in [0.29, 0.717) is 18.7 Å². The summed E-state index contributed by atoms with van der Waals surface area (Å²) < 4.78 is 13.7. The number of carbonyl (C=O) groups excluding carboxylic acids is 1. The Bertz CT molecular complexity index is 655. The minimum absolute atomic E-state index is 0.0654. The van der Waals surface area contributed by atoms with Crippen LogP contribution in [0.3, 0.4) is 0 Å². The smallest absolute Gasteiger partial charge is 0.237 e. The number of carbonyl (C=O) groups is 1. The van der Waals surface area contributed by atoms with Gasteiger partial charge in [-0.15, -0.1) is 0 Å². The van der Waals surface area contributed by atoms with E-state index in [4.69, 9.17) is 0 Å². The molecule has 1 unspecified atom stereocenters. The maximum atomic E-state index is 13.7. The number of nitrogens with zero attached hydrogens (tertiary/aromatic N) is 1. The molecule has 0 aromatic heterocycles. The number of aryl methyl sites for hydroxylation is 1. The van der Waals surface area contributed by atoms with Gasteiger partial charge in [-0.25, -0.2) is 4.39 Å². The van der Waals surface area contributed by atoms with Crippen molar-refractivity contribution in [2.24, 2.45) is 0 Å². The molecule has 2 aromatic carbocycles. The monoisotopic (exact) mass is 314 g/mol. The first-order valence-electron chi connectivity index (χ1n) is 7.74. The Kier molecular flexibility index (Phi) is 5.88. The molecule has 0 heterocycles. The largest absolute Gasteiger partial charge is 0.351 e.